The van der Waals surface area contributed by atoms with E-state index in [9.17, 15) is 8.42 Å². The van der Waals surface area contributed by atoms with E-state index < -0.39 is 10.0 Å². The van der Waals surface area contributed by atoms with Gasteiger partial charge in [-0.2, -0.15) is 4.31 Å². The van der Waals surface area contributed by atoms with E-state index in [1.807, 2.05) is 30.3 Å². The fourth-order valence-corrected chi connectivity index (χ4v) is 6.49. The topological polar surface area (TPSA) is 104 Å². The van der Waals surface area contributed by atoms with Crippen molar-refractivity contribution in [2.24, 2.45) is 0 Å². The Morgan fingerprint density at radius 1 is 1.03 bits per heavy atom. The van der Waals surface area contributed by atoms with Gasteiger partial charge in [-0.25, -0.2) is 28.4 Å². The maximum atomic E-state index is 13.1. The average molecular weight is 510 g/mol. The van der Waals surface area contributed by atoms with Crippen molar-refractivity contribution in [3.05, 3.63) is 60.0 Å². The van der Waals surface area contributed by atoms with Gasteiger partial charge >= 0.3 is 0 Å². The summed E-state index contributed by atoms with van der Waals surface area (Å²) in [4.78, 5) is 19.8. The van der Waals surface area contributed by atoms with Crippen LogP contribution in [0.3, 0.4) is 0 Å². The van der Waals surface area contributed by atoms with E-state index in [1.165, 1.54) is 16.7 Å². The number of nitrogens with zero attached hydrogens (tertiary/aromatic N) is 6. The summed E-state index contributed by atoms with van der Waals surface area (Å²) in [5.74, 6) is 1.36. The number of aryl methyl sites for hydroxylation is 1. The van der Waals surface area contributed by atoms with Crippen LogP contribution in [0.2, 0.25) is 0 Å². The second-order valence-corrected chi connectivity index (χ2v) is 11.5. The molecule has 9 nitrogen and oxygen atoms in total. The molecule has 1 aliphatic heterocycles. The van der Waals surface area contributed by atoms with Crippen molar-refractivity contribution in [1.29, 1.82) is 0 Å². The molecule has 1 fully saturated rings. The highest BCUT2D eigenvalue weighted by Crippen LogP contribution is 2.29. The number of hydrogen-bond acceptors (Lipinski definition) is 9. The van der Waals surface area contributed by atoms with Crippen LogP contribution in [0.5, 0.6) is 0 Å². The van der Waals surface area contributed by atoms with Crippen LogP contribution in [0.1, 0.15) is 12.5 Å². The van der Waals surface area contributed by atoms with Crippen LogP contribution in [0.4, 0.5) is 5.82 Å². The van der Waals surface area contributed by atoms with Crippen molar-refractivity contribution in [2.75, 3.05) is 38.0 Å². The molecule has 4 heterocycles. The van der Waals surface area contributed by atoms with Gasteiger partial charge in [0.05, 0.1) is 22.6 Å². The molecule has 1 aliphatic rings. The Labute approximate surface area is 208 Å². The number of aromatic nitrogens is 4. The third-order valence-corrected chi connectivity index (χ3v) is 9.02. The first kappa shape index (κ1) is 23.7. The first-order valence-corrected chi connectivity index (χ1v) is 13.8. The van der Waals surface area contributed by atoms with E-state index in [0.717, 1.165) is 33.7 Å². The molecule has 182 valence electrons. The van der Waals surface area contributed by atoms with Crippen molar-refractivity contribution in [2.45, 2.75) is 24.8 Å². The second-order valence-electron chi connectivity index (χ2n) is 8.68. The molecule has 0 saturated carbocycles. The van der Waals surface area contributed by atoms with E-state index >= 15 is 0 Å². The fourth-order valence-electron chi connectivity index (χ4n) is 4.23. The number of rotatable bonds is 7. The smallest absolute Gasteiger partial charge is 0.246 e. The summed E-state index contributed by atoms with van der Waals surface area (Å²) in [5, 5.41) is 5.59. The van der Waals surface area contributed by atoms with E-state index in [-0.39, 0.29) is 10.9 Å². The molecule has 4 aromatic rings. The highest BCUT2D eigenvalue weighted by Gasteiger charge is 2.29. The summed E-state index contributed by atoms with van der Waals surface area (Å²) in [6.07, 6.45) is 4.40. The Bertz CT molecular complexity index is 1400. The van der Waals surface area contributed by atoms with Crippen LogP contribution in [-0.2, 0) is 10.0 Å². The molecule has 1 aromatic carbocycles. The fraction of sp³-hybridized carbons (Fsp3) is 0.333. The second kappa shape index (κ2) is 9.94. The average Bonchev–Trinajstić information content (AvgIpc) is 3.27. The number of nitrogens with one attached hydrogen (secondary N) is 1. The van der Waals surface area contributed by atoms with Gasteiger partial charge in [0.25, 0.3) is 0 Å². The minimum atomic E-state index is -3.63. The number of thiophene rings is 1. The maximum Gasteiger partial charge on any atom is 0.246 e. The normalized spacial score (nSPS) is 16.4. The van der Waals surface area contributed by atoms with E-state index in [2.05, 4.69) is 49.4 Å². The highest BCUT2D eigenvalue weighted by molar-refractivity contribution is 7.89. The lowest BCUT2D eigenvalue weighted by Gasteiger charge is -2.35. The highest BCUT2D eigenvalue weighted by atomic mass is 32.2. The van der Waals surface area contributed by atoms with Gasteiger partial charge in [0.2, 0.25) is 10.0 Å². The van der Waals surface area contributed by atoms with Crippen molar-refractivity contribution >= 4 is 37.4 Å². The Hall–Kier alpha value is -2.99. The lowest BCUT2D eigenvalue weighted by molar-refractivity contribution is 0.184. The monoisotopic (exact) mass is 509 g/mol. The molecule has 0 bridgehead atoms. The van der Waals surface area contributed by atoms with Gasteiger partial charge in [0, 0.05) is 44.3 Å². The van der Waals surface area contributed by atoms with Crippen LogP contribution in [0.25, 0.3) is 21.6 Å². The predicted octanol–water partition coefficient (Wildman–Crippen LogP) is 3.26. The lowest BCUT2D eigenvalue weighted by Crippen LogP contribution is -2.50. The molecule has 35 heavy (non-hydrogen) atoms. The molecule has 11 heteroatoms. The number of sulfonamides is 1. The third-order valence-electron chi connectivity index (χ3n) is 6.08. The zero-order valence-electron chi connectivity index (χ0n) is 19.6. The number of hydrogen-bond donors (Lipinski definition) is 1. The minimum absolute atomic E-state index is 0.125. The summed E-state index contributed by atoms with van der Waals surface area (Å²) in [5.41, 5.74) is 2.99. The zero-order valence-corrected chi connectivity index (χ0v) is 21.3. The summed E-state index contributed by atoms with van der Waals surface area (Å²) in [7, 11) is -3.63. The molecule has 1 N–H and O–H groups in total. The van der Waals surface area contributed by atoms with Gasteiger partial charge in [0.15, 0.2) is 5.82 Å². The first-order chi connectivity index (χ1) is 16.9. The summed E-state index contributed by atoms with van der Waals surface area (Å²) in [6.45, 7) is 7.13. The largest absolute Gasteiger partial charge is 0.365 e. The van der Waals surface area contributed by atoms with Gasteiger partial charge in [-0.3, -0.25) is 4.90 Å². The number of fused-ring (bicyclic) bond motifs is 1. The predicted molar refractivity (Wildman–Crippen MR) is 138 cm³/mol. The molecule has 1 atom stereocenters. The molecule has 0 radical (unpaired) electrons. The number of benzene rings is 1. The van der Waals surface area contributed by atoms with Crippen LogP contribution in [-0.4, -0.2) is 76.3 Å². The lowest BCUT2D eigenvalue weighted by atomic mass is 10.2. The molecular formula is C24H27N7O2S2. The van der Waals surface area contributed by atoms with E-state index in [0.29, 0.717) is 32.0 Å². The summed E-state index contributed by atoms with van der Waals surface area (Å²) >= 11 is 1.64. The quantitative estimate of drug-likeness (QED) is 0.405. The van der Waals surface area contributed by atoms with Gasteiger partial charge in [-0.1, -0.05) is 30.3 Å². The van der Waals surface area contributed by atoms with Crippen LogP contribution >= 0.6 is 11.3 Å². The standard InChI is InChI=1S/C24H27N7O2S2/c1-17-15-34-22-21(17)27-16-28-24(22)29-18(2)14-30-8-10-31(11-9-30)35(32,33)20-12-25-23(26-13-20)19-6-4-3-5-7-19/h3-7,12-13,15-16,18H,8-11,14H2,1-2H3,(H,27,28,29). The molecule has 0 aliphatic carbocycles. The zero-order chi connectivity index (χ0) is 24.4. The van der Waals surface area contributed by atoms with Gasteiger partial charge < -0.3 is 5.32 Å². The molecule has 1 unspecified atom stereocenters. The SMILES string of the molecule is Cc1csc2c(NC(C)CN3CCN(S(=O)(=O)c4cnc(-c5ccccc5)nc4)CC3)ncnc12. The molecule has 3 aromatic heterocycles. The van der Waals surface area contributed by atoms with Gasteiger partial charge in [-0.05, 0) is 24.8 Å². The number of anilines is 1. The molecule has 1 saturated heterocycles. The Balaban J connectivity index is 1.18. The molecule has 0 spiro atoms. The number of piperazine rings is 1. The van der Waals surface area contributed by atoms with Gasteiger partial charge in [-0.15, -0.1) is 11.3 Å². The molecule has 5 rings (SSSR count). The van der Waals surface area contributed by atoms with Crippen LogP contribution < -0.4 is 5.32 Å². The molecule has 0 amide bonds. The van der Waals surface area contributed by atoms with Crippen molar-refractivity contribution in [3.8, 4) is 11.4 Å². The summed E-state index contributed by atoms with van der Waals surface area (Å²) < 4.78 is 28.8. The third kappa shape index (κ3) is 5.03. The maximum absolute atomic E-state index is 13.1. The van der Waals surface area contributed by atoms with E-state index in [4.69, 9.17) is 0 Å². The van der Waals surface area contributed by atoms with Crippen LogP contribution in [0, 0.1) is 6.92 Å². The Morgan fingerprint density at radius 3 is 2.46 bits per heavy atom. The summed E-state index contributed by atoms with van der Waals surface area (Å²) in [6, 6.07) is 9.66. The minimum Gasteiger partial charge on any atom is -0.365 e. The van der Waals surface area contributed by atoms with Crippen molar-refractivity contribution in [3.63, 3.8) is 0 Å². The van der Waals surface area contributed by atoms with Crippen molar-refractivity contribution < 1.29 is 8.42 Å². The van der Waals surface area contributed by atoms with Crippen molar-refractivity contribution in [1.82, 2.24) is 29.1 Å². The Morgan fingerprint density at radius 2 is 1.74 bits per heavy atom. The molecular weight excluding hydrogens is 482 g/mol. The van der Waals surface area contributed by atoms with E-state index in [1.54, 1.807) is 17.7 Å². The Kier molecular flexibility index (Phi) is 6.74. The first-order valence-electron chi connectivity index (χ1n) is 11.5. The van der Waals surface area contributed by atoms with Gasteiger partial charge in [0.1, 0.15) is 17.0 Å². The van der Waals surface area contributed by atoms with Crippen LogP contribution in [0.15, 0.2) is 59.3 Å².